The Morgan fingerprint density at radius 3 is 2.39 bits per heavy atom. The van der Waals surface area contributed by atoms with Crippen LogP contribution in [0.15, 0.2) is 99.8 Å². The van der Waals surface area contributed by atoms with Gasteiger partial charge < -0.3 is 14.8 Å². The molecule has 192 valence electrons. The van der Waals surface area contributed by atoms with Crippen LogP contribution >= 0.6 is 15.9 Å². The predicted molar refractivity (Wildman–Crippen MR) is 151 cm³/mol. The fraction of sp³-hybridized carbons (Fsp3) is 0.250. The maximum absolute atomic E-state index is 13.7. The van der Waals surface area contributed by atoms with Gasteiger partial charge in [-0.1, -0.05) is 60.7 Å². The highest BCUT2D eigenvalue weighted by molar-refractivity contribution is 9.10. The van der Waals surface area contributed by atoms with Crippen molar-refractivity contribution in [2.45, 2.75) is 45.1 Å². The summed E-state index contributed by atoms with van der Waals surface area (Å²) in [6.45, 7) is 4.67. The number of carbonyl (C=O) groups excluding carboxylic acids is 1. The average molecular weight is 569 g/mol. The molecule has 5 nitrogen and oxygen atoms in total. The standard InChI is InChI=1S/C32H29BrN2O3/c1-3-37-29-17-24(14-26(33)32(29)38-19-21-10-6-4-7-11-21)30-25(18-34)20(2)35-27-15-23(16-28(36)31(27)30)22-12-8-5-9-13-22/h4-14,17,23,30,35H,3,15-16,19H2,1-2H3. The van der Waals surface area contributed by atoms with Crippen molar-refractivity contribution in [3.63, 3.8) is 0 Å². The van der Waals surface area contributed by atoms with Crippen LogP contribution in [0.25, 0.3) is 0 Å². The number of hydrogen-bond donors (Lipinski definition) is 1. The molecule has 0 amide bonds. The molecule has 0 saturated heterocycles. The lowest BCUT2D eigenvalue weighted by atomic mass is 9.72. The van der Waals surface area contributed by atoms with Gasteiger partial charge in [0.25, 0.3) is 0 Å². The largest absolute Gasteiger partial charge is 0.490 e. The number of rotatable bonds is 7. The molecule has 0 aromatic heterocycles. The molecule has 0 saturated carbocycles. The number of carbonyl (C=O) groups is 1. The second kappa shape index (κ2) is 11.3. The van der Waals surface area contributed by atoms with Crippen molar-refractivity contribution in [3.8, 4) is 17.6 Å². The molecule has 1 N–H and O–H groups in total. The minimum Gasteiger partial charge on any atom is -0.490 e. The smallest absolute Gasteiger partial charge is 0.175 e. The topological polar surface area (TPSA) is 71.3 Å². The van der Waals surface area contributed by atoms with Crippen LogP contribution in [0.4, 0.5) is 0 Å². The molecule has 0 fully saturated rings. The third-order valence-corrected chi connectivity index (χ3v) is 7.70. The van der Waals surface area contributed by atoms with Gasteiger partial charge in [0.1, 0.15) is 6.61 Å². The zero-order chi connectivity index (χ0) is 26.6. The fourth-order valence-corrected chi connectivity index (χ4v) is 5.94. The van der Waals surface area contributed by atoms with Crippen LogP contribution in [0.5, 0.6) is 11.5 Å². The molecule has 0 radical (unpaired) electrons. The van der Waals surface area contributed by atoms with Crippen LogP contribution in [-0.2, 0) is 11.4 Å². The van der Waals surface area contributed by atoms with E-state index < -0.39 is 5.92 Å². The van der Waals surface area contributed by atoms with E-state index >= 15 is 0 Å². The first-order chi connectivity index (χ1) is 18.5. The van der Waals surface area contributed by atoms with Crippen molar-refractivity contribution < 1.29 is 14.3 Å². The van der Waals surface area contributed by atoms with Crippen molar-refractivity contribution in [2.24, 2.45) is 0 Å². The third kappa shape index (κ3) is 5.12. The van der Waals surface area contributed by atoms with Crippen LogP contribution in [-0.4, -0.2) is 12.4 Å². The molecule has 1 aliphatic carbocycles. The minimum absolute atomic E-state index is 0.0661. The highest BCUT2D eigenvalue weighted by Gasteiger charge is 2.39. The number of ether oxygens (including phenoxy) is 2. The van der Waals surface area contributed by atoms with Gasteiger partial charge in [0.05, 0.1) is 28.6 Å². The Morgan fingerprint density at radius 2 is 1.71 bits per heavy atom. The quantitative estimate of drug-likeness (QED) is 0.323. The molecule has 2 unspecified atom stereocenters. The molecule has 6 heteroatoms. The van der Waals surface area contributed by atoms with E-state index in [-0.39, 0.29) is 11.7 Å². The minimum atomic E-state index is -0.473. The Morgan fingerprint density at radius 1 is 1.00 bits per heavy atom. The molecule has 1 heterocycles. The zero-order valence-corrected chi connectivity index (χ0v) is 23.0. The number of Topliss-reactive ketones (excluding diaryl/α,β-unsaturated/α-hetero) is 1. The number of halogens is 1. The Labute approximate surface area is 231 Å². The number of allylic oxidation sites excluding steroid dienone is 4. The first kappa shape index (κ1) is 25.8. The summed E-state index contributed by atoms with van der Waals surface area (Å²) >= 11 is 3.69. The molecule has 1 aliphatic heterocycles. The number of nitrogens with zero attached hydrogens (tertiary/aromatic N) is 1. The van der Waals surface area contributed by atoms with Crippen LogP contribution in [0, 0.1) is 11.3 Å². The van der Waals surface area contributed by atoms with Crippen molar-refractivity contribution in [1.29, 1.82) is 5.26 Å². The summed E-state index contributed by atoms with van der Waals surface area (Å²) in [5.74, 6) is 0.872. The van der Waals surface area contributed by atoms with Crippen molar-refractivity contribution in [3.05, 3.63) is 116 Å². The van der Waals surface area contributed by atoms with E-state index in [9.17, 15) is 10.1 Å². The van der Waals surface area contributed by atoms with Gasteiger partial charge in [-0.15, -0.1) is 0 Å². The maximum atomic E-state index is 13.7. The van der Waals surface area contributed by atoms with E-state index in [4.69, 9.17) is 9.47 Å². The molecular weight excluding hydrogens is 540 g/mol. The monoisotopic (exact) mass is 568 g/mol. The van der Waals surface area contributed by atoms with Gasteiger partial charge in [-0.3, -0.25) is 4.79 Å². The van der Waals surface area contributed by atoms with Gasteiger partial charge in [-0.2, -0.15) is 5.26 Å². The molecule has 5 rings (SSSR count). The lowest BCUT2D eigenvalue weighted by molar-refractivity contribution is -0.116. The van der Waals surface area contributed by atoms with Gasteiger partial charge in [-0.25, -0.2) is 0 Å². The van der Waals surface area contributed by atoms with Gasteiger partial charge in [0.15, 0.2) is 17.3 Å². The first-order valence-corrected chi connectivity index (χ1v) is 13.6. The molecule has 3 aromatic rings. The second-order valence-corrected chi connectivity index (χ2v) is 10.4. The van der Waals surface area contributed by atoms with E-state index in [0.717, 1.165) is 39.0 Å². The Kier molecular flexibility index (Phi) is 7.67. The lowest BCUT2D eigenvalue weighted by Crippen LogP contribution is -2.33. The summed E-state index contributed by atoms with van der Waals surface area (Å²) in [5.41, 5.74) is 5.91. The number of dihydropyridines is 1. The summed E-state index contributed by atoms with van der Waals surface area (Å²) < 4.78 is 12.9. The molecule has 2 atom stereocenters. The van der Waals surface area contributed by atoms with Gasteiger partial charge >= 0.3 is 0 Å². The number of benzene rings is 3. The normalized spacial score (nSPS) is 18.9. The Balaban J connectivity index is 1.54. The average Bonchev–Trinajstić information content (AvgIpc) is 2.93. The van der Waals surface area contributed by atoms with Crippen LogP contribution in [0.3, 0.4) is 0 Å². The molecule has 2 aliphatic rings. The Bertz CT molecular complexity index is 1460. The molecular formula is C32H29BrN2O3. The maximum Gasteiger partial charge on any atom is 0.175 e. The number of nitrogens with one attached hydrogen (secondary N) is 1. The van der Waals surface area contributed by atoms with Crippen molar-refractivity contribution >= 4 is 21.7 Å². The third-order valence-electron chi connectivity index (χ3n) is 7.11. The van der Waals surface area contributed by atoms with Gasteiger partial charge in [-0.05, 0) is 70.9 Å². The van der Waals surface area contributed by atoms with Crippen LogP contribution < -0.4 is 14.8 Å². The SMILES string of the molecule is CCOc1cc(C2C(C#N)=C(C)NC3=C2C(=O)CC(c2ccccc2)C3)cc(Br)c1OCc1ccccc1. The van der Waals surface area contributed by atoms with E-state index in [1.54, 1.807) is 0 Å². The summed E-state index contributed by atoms with van der Waals surface area (Å²) in [4.78, 5) is 13.7. The van der Waals surface area contributed by atoms with Gasteiger partial charge in [0.2, 0.25) is 0 Å². The summed E-state index contributed by atoms with van der Waals surface area (Å²) in [5, 5.41) is 13.6. The van der Waals surface area contributed by atoms with Crippen molar-refractivity contribution in [2.75, 3.05) is 6.61 Å². The highest BCUT2D eigenvalue weighted by atomic mass is 79.9. The second-order valence-electron chi connectivity index (χ2n) is 9.58. The zero-order valence-electron chi connectivity index (χ0n) is 21.5. The van der Waals surface area contributed by atoms with E-state index in [1.807, 2.05) is 74.5 Å². The Hall–Kier alpha value is -3.82. The summed E-state index contributed by atoms with van der Waals surface area (Å²) in [6.07, 6.45) is 1.13. The van der Waals surface area contributed by atoms with E-state index in [1.165, 1.54) is 0 Å². The number of hydrogen-bond acceptors (Lipinski definition) is 5. The lowest BCUT2D eigenvalue weighted by Gasteiger charge is -2.36. The molecule has 3 aromatic carbocycles. The molecule has 0 spiro atoms. The predicted octanol–water partition coefficient (Wildman–Crippen LogP) is 7.31. The van der Waals surface area contributed by atoms with Crippen molar-refractivity contribution in [1.82, 2.24) is 5.32 Å². The first-order valence-electron chi connectivity index (χ1n) is 12.8. The molecule has 0 bridgehead atoms. The van der Waals surface area contributed by atoms with E-state index in [2.05, 4.69) is 39.4 Å². The fourth-order valence-electron chi connectivity index (χ4n) is 5.37. The van der Waals surface area contributed by atoms with Gasteiger partial charge in [0, 0.05) is 23.4 Å². The summed E-state index contributed by atoms with van der Waals surface area (Å²) in [7, 11) is 0. The van der Waals surface area contributed by atoms with Crippen LogP contribution in [0.1, 0.15) is 55.2 Å². The number of ketones is 1. The van der Waals surface area contributed by atoms with E-state index in [0.29, 0.717) is 42.3 Å². The summed E-state index contributed by atoms with van der Waals surface area (Å²) in [6, 6.07) is 26.3. The van der Waals surface area contributed by atoms with Crippen LogP contribution in [0.2, 0.25) is 0 Å². The molecule has 38 heavy (non-hydrogen) atoms. The number of nitriles is 1. The highest BCUT2D eigenvalue weighted by Crippen LogP contribution is 2.48.